The van der Waals surface area contributed by atoms with Crippen molar-refractivity contribution in [1.82, 2.24) is 0 Å². The molecule has 70 valence electrons. The monoisotopic (exact) mass is 239 g/mol. The minimum Gasteiger partial charge on any atom is -0.324 e. The highest BCUT2D eigenvalue weighted by atomic mass is 79.9. The Morgan fingerprint density at radius 1 is 1.46 bits per heavy atom. The summed E-state index contributed by atoms with van der Waals surface area (Å²) in [6, 6.07) is 4.60. The fourth-order valence-electron chi connectivity index (χ4n) is 2.13. The average Bonchev–Trinajstić information content (AvgIpc) is 2.07. The molecule has 0 heterocycles. The first-order valence-corrected chi connectivity index (χ1v) is 5.52. The zero-order chi connectivity index (χ0) is 9.42. The van der Waals surface area contributed by atoms with Gasteiger partial charge in [0.1, 0.15) is 0 Å². The van der Waals surface area contributed by atoms with Gasteiger partial charge in [0, 0.05) is 10.5 Å². The van der Waals surface area contributed by atoms with E-state index in [-0.39, 0.29) is 6.04 Å². The van der Waals surface area contributed by atoms with E-state index >= 15 is 0 Å². The molecule has 0 saturated heterocycles. The molecule has 0 bridgehead atoms. The van der Waals surface area contributed by atoms with Crippen LogP contribution in [0.3, 0.4) is 0 Å². The van der Waals surface area contributed by atoms with Crippen LogP contribution in [0.1, 0.15) is 35.6 Å². The summed E-state index contributed by atoms with van der Waals surface area (Å²) in [6.07, 6.45) is 3.56. The summed E-state index contributed by atoms with van der Waals surface area (Å²) >= 11 is 3.51. The smallest absolute Gasteiger partial charge is 0.0298 e. The van der Waals surface area contributed by atoms with Crippen LogP contribution in [0, 0.1) is 6.92 Å². The summed E-state index contributed by atoms with van der Waals surface area (Å²) < 4.78 is 1.15. The van der Waals surface area contributed by atoms with Gasteiger partial charge in [-0.15, -0.1) is 0 Å². The van der Waals surface area contributed by atoms with Crippen molar-refractivity contribution in [3.8, 4) is 0 Å². The zero-order valence-corrected chi connectivity index (χ0v) is 9.39. The number of benzene rings is 1. The van der Waals surface area contributed by atoms with E-state index in [0.29, 0.717) is 0 Å². The first kappa shape index (κ1) is 9.22. The SMILES string of the molecule is Cc1cc(Br)cc2c1CCCC2N. The Kier molecular flexibility index (Phi) is 2.43. The van der Waals surface area contributed by atoms with Crippen LogP contribution in [0.15, 0.2) is 16.6 Å². The van der Waals surface area contributed by atoms with Gasteiger partial charge in [0.25, 0.3) is 0 Å². The highest BCUT2D eigenvalue weighted by Crippen LogP contribution is 2.32. The van der Waals surface area contributed by atoms with Crippen LogP contribution in [0.2, 0.25) is 0 Å². The molecule has 0 saturated carbocycles. The maximum Gasteiger partial charge on any atom is 0.0298 e. The van der Waals surface area contributed by atoms with Crippen molar-refractivity contribution in [3.05, 3.63) is 33.3 Å². The maximum absolute atomic E-state index is 6.06. The number of hydrogen-bond acceptors (Lipinski definition) is 1. The molecule has 2 heteroatoms. The molecular weight excluding hydrogens is 226 g/mol. The van der Waals surface area contributed by atoms with E-state index in [4.69, 9.17) is 5.73 Å². The second-order valence-electron chi connectivity index (χ2n) is 3.79. The summed E-state index contributed by atoms with van der Waals surface area (Å²) in [7, 11) is 0. The molecular formula is C11H14BrN. The van der Waals surface area contributed by atoms with E-state index in [2.05, 4.69) is 35.0 Å². The van der Waals surface area contributed by atoms with Crippen molar-refractivity contribution < 1.29 is 0 Å². The molecule has 1 aromatic carbocycles. The van der Waals surface area contributed by atoms with E-state index in [1.54, 1.807) is 0 Å². The molecule has 2 N–H and O–H groups in total. The number of halogens is 1. The molecule has 0 amide bonds. The van der Waals surface area contributed by atoms with Crippen molar-refractivity contribution in [1.29, 1.82) is 0 Å². The lowest BCUT2D eigenvalue weighted by atomic mass is 9.86. The number of nitrogens with two attached hydrogens (primary N) is 1. The van der Waals surface area contributed by atoms with Crippen LogP contribution in [0.4, 0.5) is 0 Å². The molecule has 0 spiro atoms. The highest BCUT2D eigenvalue weighted by Gasteiger charge is 2.18. The van der Waals surface area contributed by atoms with Crippen molar-refractivity contribution in [2.75, 3.05) is 0 Å². The minimum absolute atomic E-state index is 0.250. The lowest BCUT2D eigenvalue weighted by Crippen LogP contribution is -2.18. The van der Waals surface area contributed by atoms with E-state index in [1.807, 2.05) is 0 Å². The summed E-state index contributed by atoms with van der Waals surface area (Å²) in [5, 5.41) is 0. The standard InChI is InChI=1S/C11H14BrN/c1-7-5-8(12)6-10-9(7)3-2-4-11(10)13/h5-6,11H,2-4,13H2,1H3. The third kappa shape index (κ3) is 1.65. The minimum atomic E-state index is 0.250. The van der Waals surface area contributed by atoms with Crippen molar-refractivity contribution in [2.45, 2.75) is 32.2 Å². The van der Waals surface area contributed by atoms with Crippen molar-refractivity contribution in [3.63, 3.8) is 0 Å². The lowest BCUT2D eigenvalue weighted by Gasteiger charge is -2.24. The first-order valence-electron chi connectivity index (χ1n) is 4.73. The highest BCUT2D eigenvalue weighted by molar-refractivity contribution is 9.10. The molecule has 0 aromatic heterocycles. The van der Waals surface area contributed by atoms with Gasteiger partial charge in [0.15, 0.2) is 0 Å². The average molecular weight is 240 g/mol. The van der Waals surface area contributed by atoms with Crippen LogP contribution < -0.4 is 5.73 Å². The van der Waals surface area contributed by atoms with Crippen LogP contribution in [-0.2, 0) is 6.42 Å². The largest absolute Gasteiger partial charge is 0.324 e. The number of fused-ring (bicyclic) bond motifs is 1. The number of hydrogen-bond donors (Lipinski definition) is 1. The Morgan fingerprint density at radius 2 is 2.23 bits per heavy atom. The molecule has 0 fully saturated rings. The van der Waals surface area contributed by atoms with Gasteiger partial charge < -0.3 is 5.73 Å². The first-order chi connectivity index (χ1) is 6.18. The van der Waals surface area contributed by atoms with Gasteiger partial charge >= 0.3 is 0 Å². The molecule has 2 rings (SSSR count). The predicted molar refractivity (Wildman–Crippen MR) is 58.7 cm³/mol. The van der Waals surface area contributed by atoms with Gasteiger partial charge in [-0.3, -0.25) is 0 Å². The summed E-state index contributed by atoms with van der Waals surface area (Å²) in [4.78, 5) is 0. The third-order valence-electron chi connectivity index (χ3n) is 2.81. The van der Waals surface area contributed by atoms with Crippen LogP contribution in [0.25, 0.3) is 0 Å². The molecule has 0 aliphatic heterocycles. The van der Waals surface area contributed by atoms with E-state index in [9.17, 15) is 0 Å². The molecule has 13 heavy (non-hydrogen) atoms. The molecule has 1 nitrogen and oxygen atoms in total. The Labute approximate surface area is 87.5 Å². The maximum atomic E-state index is 6.06. The van der Waals surface area contributed by atoms with E-state index < -0.39 is 0 Å². The Bertz CT molecular complexity index is 333. The predicted octanol–water partition coefficient (Wildman–Crippen LogP) is 3.09. The van der Waals surface area contributed by atoms with Crippen LogP contribution in [-0.4, -0.2) is 0 Å². The van der Waals surface area contributed by atoms with E-state index in [1.165, 1.54) is 29.5 Å². The van der Waals surface area contributed by atoms with Gasteiger partial charge in [-0.05, 0) is 55.0 Å². The third-order valence-corrected chi connectivity index (χ3v) is 3.27. The molecule has 1 atom stereocenters. The Balaban J connectivity index is 2.56. The van der Waals surface area contributed by atoms with Crippen molar-refractivity contribution >= 4 is 15.9 Å². The normalized spacial score (nSPS) is 21.3. The summed E-state index contributed by atoms with van der Waals surface area (Å²) in [5.41, 5.74) is 10.3. The quantitative estimate of drug-likeness (QED) is 0.740. The second kappa shape index (κ2) is 3.43. The Morgan fingerprint density at radius 3 is 3.00 bits per heavy atom. The number of aryl methyl sites for hydroxylation is 1. The van der Waals surface area contributed by atoms with E-state index in [0.717, 1.165) is 10.9 Å². The van der Waals surface area contributed by atoms with Crippen LogP contribution >= 0.6 is 15.9 Å². The lowest BCUT2D eigenvalue weighted by molar-refractivity contribution is 0.568. The fourth-order valence-corrected chi connectivity index (χ4v) is 2.72. The van der Waals surface area contributed by atoms with Gasteiger partial charge in [0.05, 0.1) is 0 Å². The van der Waals surface area contributed by atoms with Gasteiger partial charge in [0.2, 0.25) is 0 Å². The second-order valence-corrected chi connectivity index (χ2v) is 4.70. The zero-order valence-electron chi connectivity index (χ0n) is 7.81. The molecule has 1 aliphatic carbocycles. The Hall–Kier alpha value is -0.340. The molecule has 1 aliphatic rings. The fraction of sp³-hybridized carbons (Fsp3) is 0.455. The van der Waals surface area contributed by atoms with Gasteiger partial charge in [-0.25, -0.2) is 0 Å². The summed E-state index contributed by atoms with van der Waals surface area (Å²) in [5.74, 6) is 0. The molecule has 0 radical (unpaired) electrons. The molecule has 1 aromatic rings. The topological polar surface area (TPSA) is 26.0 Å². The summed E-state index contributed by atoms with van der Waals surface area (Å²) in [6.45, 7) is 2.17. The van der Waals surface area contributed by atoms with Gasteiger partial charge in [-0.1, -0.05) is 15.9 Å². The molecule has 1 unspecified atom stereocenters. The van der Waals surface area contributed by atoms with Crippen molar-refractivity contribution in [2.24, 2.45) is 5.73 Å². The van der Waals surface area contributed by atoms with Crippen LogP contribution in [0.5, 0.6) is 0 Å². The number of rotatable bonds is 0. The van der Waals surface area contributed by atoms with Gasteiger partial charge in [-0.2, -0.15) is 0 Å².